The molecule has 0 aliphatic heterocycles. The third-order valence-corrected chi connectivity index (χ3v) is 4.56. The minimum absolute atomic E-state index is 0.221. The molecule has 0 saturated carbocycles. The average Bonchev–Trinajstić information content (AvgIpc) is 2.97. The Labute approximate surface area is 159 Å². The van der Waals surface area contributed by atoms with Crippen LogP contribution in [0.15, 0.2) is 42.5 Å². The number of hydrogen-bond donors (Lipinski definition) is 0. The molecule has 1 aromatic heterocycles. The molecular formula is C19H18FIN2O2. The zero-order chi connectivity index (χ0) is 18.0. The van der Waals surface area contributed by atoms with Gasteiger partial charge in [0.15, 0.2) is 0 Å². The molecule has 130 valence electrons. The number of aromatic nitrogens is 2. The van der Waals surface area contributed by atoms with Crippen LogP contribution in [0.25, 0.3) is 11.3 Å². The molecule has 0 aliphatic rings. The Hall–Kier alpha value is -2.09. The number of aryl methyl sites for hydroxylation is 1. The fraction of sp³-hybridized carbons (Fsp3) is 0.211. The summed E-state index contributed by atoms with van der Waals surface area (Å²) in [6.45, 7) is 2.23. The summed E-state index contributed by atoms with van der Waals surface area (Å²) < 4.78 is 27.9. The first-order chi connectivity index (χ1) is 12.0. The molecule has 3 aromatic rings. The predicted molar refractivity (Wildman–Crippen MR) is 104 cm³/mol. The summed E-state index contributed by atoms with van der Waals surface area (Å²) >= 11 is 2.14. The van der Waals surface area contributed by atoms with E-state index >= 15 is 0 Å². The second kappa shape index (κ2) is 7.43. The van der Waals surface area contributed by atoms with Crippen LogP contribution in [0, 0.1) is 16.4 Å². The molecule has 0 amide bonds. The summed E-state index contributed by atoms with van der Waals surface area (Å²) in [7, 11) is 3.23. The molecule has 0 aliphatic carbocycles. The predicted octanol–water partition coefficient (Wildman–Crippen LogP) is 4.67. The Kier molecular flexibility index (Phi) is 5.27. The molecule has 0 bridgehead atoms. The molecule has 0 radical (unpaired) electrons. The van der Waals surface area contributed by atoms with Gasteiger partial charge in [0, 0.05) is 17.2 Å². The van der Waals surface area contributed by atoms with Crippen LogP contribution in [0.2, 0.25) is 0 Å². The second-order valence-electron chi connectivity index (χ2n) is 5.62. The molecule has 2 aromatic carbocycles. The quantitative estimate of drug-likeness (QED) is 0.529. The molecule has 25 heavy (non-hydrogen) atoms. The van der Waals surface area contributed by atoms with Crippen LogP contribution in [0.4, 0.5) is 4.39 Å². The highest BCUT2D eigenvalue weighted by Gasteiger charge is 2.16. The molecule has 3 rings (SSSR count). The average molecular weight is 452 g/mol. The monoisotopic (exact) mass is 452 g/mol. The summed E-state index contributed by atoms with van der Waals surface area (Å²) in [6.07, 6.45) is 0. The zero-order valence-electron chi connectivity index (χ0n) is 14.2. The fourth-order valence-corrected chi connectivity index (χ4v) is 3.27. The maximum atomic E-state index is 14.6. The summed E-state index contributed by atoms with van der Waals surface area (Å²) in [5.41, 5.74) is 2.84. The third kappa shape index (κ3) is 3.63. The van der Waals surface area contributed by atoms with Crippen molar-refractivity contribution in [3.8, 4) is 22.8 Å². The topological polar surface area (TPSA) is 36.3 Å². The molecule has 4 nitrogen and oxygen atoms in total. The first-order valence-electron chi connectivity index (χ1n) is 7.73. The van der Waals surface area contributed by atoms with Gasteiger partial charge in [-0.3, -0.25) is 4.68 Å². The Balaban J connectivity index is 2.04. The van der Waals surface area contributed by atoms with Crippen LogP contribution >= 0.6 is 22.6 Å². The van der Waals surface area contributed by atoms with Gasteiger partial charge in [-0.25, -0.2) is 4.39 Å². The zero-order valence-corrected chi connectivity index (χ0v) is 16.4. The minimum atomic E-state index is -0.221. The molecule has 1 heterocycles. The maximum absolute atomic E-state index is 14.6. The Morgan fingerprint density at radius 1 is 1.12 bits per heavy atom. The van der Waals surface area contributed by atoms with E-state index < -0.39 is 0 Å². The minimum Gasteiger partial charge on any atom is -0.497 e. The lowest BCUT2D eigenvalue weighted by Gasteiger charge is -2.13. The molecule has 0 spiro atoms. The highest BCUT2D eigenvalue weighted by atomic mass is 127. The number of rotatable bonds is 5. The van der Waals surface area contributed by atoms with Crippen molar-refractivity contribution in [3.63, 3.8) is 0 Å². The van der Waals surface area contributed by atoms with Crippen LogP contribution < -0.4 is 9.47 Å². The Morgan fingerprint density at radius 3 is 2.64 bits per heavy atom. The van der Waals surface area contributed by atoms with E-state index in [-0.39, 0.29) is 5.82 Å². The molecule has 0 fully saturated rings. The van der Waals surface area contributed by atoms with Gasteiger partial charge < -0.3 is 9.47 Å². The van der Waals surface area contributed by atoms with Gasteiger partial charge in [0.2, 0.25) is 0 Å². The Morgan fingerprint density at radius 2 is 1.92 bits per heavy atom. The SMILES string of the molecule is COc1ccc(Cn2nc(I)cc2-c2cccc(C)c2F)c(OC)c1. The molecular weight excluding hydrogens is 434 g/mol. The largest absolute Gasteiger partial charge is 0.497 e. The van der Waals surface area contributed by atoms with E-state index in [9.17, 15) is 4.39 Å². The van der Waals surface area contributed by atoms with Gasteiger partial charge in [-0.1, -0.05) is 12.1 Å². The highest BCUT2D eigenvalue weighted by Crippen LogP contribution is 2.29. The first-order valence-corrected chi connectivity index (χ1v) is 8.81. The normalized spacial score (nSPS) is 10.8. The Bertz CT molecular complexity index is 908. The molecule has 0 N–H and O–H groups in total. The second-order valence-corrected chi connectivity index (χ2v) is 6.73. The van der Waals surface area contributed by atoms with E-state index in [1.807, 2.05) is 30.3 Å². The first kappa shape index (κ1) is 17.7. The van der Waals surface area contributed by atoms with Gasteiger partial charge in [-0.15, -0.1) is 0 Å². The van der Waals surface area contributed by atoms with Crippen molar-refractivity contribution in [2.24, 2.45) is 0 Å². The number of halogens is 2. The van der Waals surface area contributed by atoms with Crippen molar-refractivity contribution in [2.45, 2.75) is 13.5 Å². The third-order valence-electron chi connectivity index (χ3n) is 4.03. The summed E-state index contributed by atoms with van der Waals surface area (Å²) in [5.74, 6) is 1.21. The molecule has 0 saturated heterocycles. The molecule has 0 unspecified atom stereocenters. The van der Waals surface area contributed by atoms with Crippen molar-refractivity contribution in [1.82, 2.24) is 9.78 Å². The van der Waals surface area contributed by atoms with Crippen molar-refractivity contribution in [3.05, 3.63) is 63.1 Å². The van der Waals surface area contributed by atoms with Crippen LogP contribution in [0.1, 0.15) is 11.1 Å². The summed E-state index contributed by atoms with van der Waals surface area (Å²) in [4.78, 5) is 0. The number of ether oxygens (including phenoxy) is 2. The lowest BCUT2D eigenvalue weighted by Crippen LogP contribution is -2.06. The molecule has 6 heteroatoms. The van der Waals surface area contributed by atoms with Crippen LogP contribution in [-0.4, -0.2) is 24.0 Å². The van der Waals surface area contributed by atoms with Gasteiger partial charge in [0.1, 0.15) is 21.0 Å². The van der Waals surface area contributed by atoms with Crippen LogP contribution in [0.5, 0.6) is 11.5 Å². The van der Waals surface area contributed by atoms with Crippen molar-refractivity contribution in [2.75, 3.05) is 14.2 Å². The van der Waals surface area contributed by atoms with Gasteiger partial charge in [-0.2, -0.15) is 5.10 Å². The maximum Gasteiger partial charge on any atom is 0.135 e. The fourth-order valence-electron chi connectivity index (χ4n) is 2.71. The van der Waals surface area contributed by atoms with Crippen molar-refractivity contribution in [1.29, 1.82) is 0 Å². The van der Waals surface area contributed by atoms with E-state index in [2.05, 4.69) is 27.7 Å². The number of benzene rings is 2. The van der Waals surface area contributed by atoms with Gasteiger partial charge >= 0.3 is 0 Å². The van der Waals surface area contributed by atoms with E-state index in [4.69, 9.17) is 9.47 Å². The van der Waals surface area contributed by atoms with Gasteiger partial charge in [-0.05, 0) is 59.3 Å². The summed E-state index contributed by atoms with van der Waals surface area (Å²) in [5, 5.41) is 4.52. The van der Waals surface area contributed by atoms with Crippen molar-refractivity contribution >= 4 is 22.6 Å². The van der Waals surface area contributed by atoms with Crippen LogP contribution in [-0.2, 0) is 6.54 Å². The standard InChI is InChI=1S/C19H18FIN2O2/c1-12-5-4-6-15(19(12)20)16-10-18(21)22-23(16)11-13-7-8-14(24-2)9-17(13)25-3/h4-10H,11H2,1-3H3. The van der Waals surface area contributed by atoms with E-state index in [1.165, 1.54) is 0 Å². The number of methoxy groups -OCH3 is 2. The van der Waals surface area contributed by atoms with Crippen LogP contribution in [0.3, 0.4) is 0 Å². The van der Waals surface area contributed by atoms with Gasteiger partial charge in [0.25, 0.3) is 0 Å². The van der Waals surface area contributed by atoms with Gasteiger partial charge in [0.05, 0.1) is 26.5 Å². The lowest BCUT2D eigenvalue weighted by atomic mass is 10.1. The smallest absolute Gasteiger partial charge is 0.135 e. The molecule has 0 atom stereocenters. The number of nitrogens with zero attached hydrogens (tertiary/aromatic N) is 2. The van der Waals surface area contributed by atoms with Crippen molar-refractivity contribution < 1.29 is 13.9 Å². The van der Waals surface area contributed by atoms with E-state index in [1.54, 1.807) is 38.0 Å². The van der Waals surface area contributed by atoms with E-state index in [0.29, 0.717) is 23.4 Å². The summed E-state index contributed by atoms with van der Waals surface area (Å²) in [6, 6.07) is 12.9. The highest BCUT2D eigenvalue weighted by molar-refractivity contribution is 14.1. The number of hydrogen-bond acceptors (Lipinski definition) is 3. The van der Waals surface area contributed by atoms with E-state index in [0.717, 1.165) is 20.7 Å². The lowest BCUT2D eigenvalue weighted by molar-refractivity contribution is 0.389.